The quantitative estimate of drug-likeness (QED) is 0.916. The lowest BCUT2D eigenvalue weighted by Gasteiger charge is -2.16. The van der Waals surface area contributed by atoms with Crippen molar-refractivity contribution in [3.63, 3.8) is 0 Å². The van der Waals surface area contributed by atoms with E-state index in [9.17, 15) is 8.78 Å². The first-order valence-electron chi connectivity index (χ1n) is 6.80. The number of nitriles is 1. The summed E-state index contributed by atoms with van der Waals surface area (Å²) in [5.74, 6) is -0.577. The molecule has 0 aliphatic rings. The molecular weight excluding hydrogens is 286 g/mol. The minimum atomic E-state index is -0.595. The maximum Gasteiger partial charge on any atom is 0.130 e. The van der Waals surface area contributed by atoms with E-state index in [1.54, 1.807) is 25.1 Å². The van der Waals surface area contributed by atoms with E-state index in [0.29, 0.717) is 23.4 Å². The molecule has 0 radical (unpaired) electrons. The fourth-order valence-corrected chi connectivity index (χ4v) is 2.19. The smallest absolute Gasteiger partial charge is 0.130 e. The second-order valence-corrected chi connectivity index (χ2v) is 4.91. The standard InChI is InChI=1S/C17H16F2N2O/c1-11(15-6-5-14(18)8-16(15)19)21-10-13-4-3-12(9-20)7-17(13)22-2/h3-8,11,21H,10H2,1-2H3/t11-/m1/s1. The fourth-order valence-electron chi connectivity index (χ4n) is 2.19. The van der Waals surface area contributed by atoms with Gasteiger partial charge in [-0.1, -0.05) is 12.1 Å². The molecular formula is C17H16F2N2O. The molecule has 2 rings (SSSR count). The van der Waals surface area contributed by atoms with Crippen LogP contribution in [0.25, 0.3) is 0 Å². The van der Waals surface area contributed by atoms with Crippen molar-refractivity contribution in [3.8, 4) is 11.8 Å². The minimum absolute atomic E-state index is 0.291. The molecule has 0 aromatic heterocycles. The number of hydrogen-bond acceptors (Lipinski definition) is 3. The van der Waals surface area contributed by atoms with E-state index in [1.807, 2.05) is 6.07 Å². The van der Waals surface area contributed by atoms with Crippen LogP contribution in [0.3, 0.4) is 0 Å². The second kappa shape index (κ2) is 7.01. The number of rotatable bonds is 5. The van der Waals surface area contributed by atoms with E-state index in [4.69, 9.17) is 10.00 Å². The van der Waals surface area contributed by atoms with Crippen LogP contribution in [-0.4, -0.2) is 7.11 Å². The summed E-state index contributed by atoms with van der Waals surface area (Å²) < 4.78 is 31.9. The van der Waals surface area contributed by atoms with Crippen LogP contribution in [0.2, 0.25) is 0 Å². The number of methoxy groups -OCH3 is 1. The van der Waals surface area contributed by atoms with Gasteiger partial charge in [-0.05, 0) is 25.1 Å². The fraction of sp³-hybridized carbons (Fsp3) is 0.235. The summed E-state index contributed by atoms with van der Waals surface area (Å²) in [5, 5.41) is 12.0. The average Bonchev–Trinajstić information content (AvgIpc) is 2.52. The summed E-state index contributed by atoms with van der Waals surface area (Å²) in [4.78, 5) is 0. The van der Waals surface area contributed by atoms with E-state index >= 15 is 0 Å². The molecule has 22 heavy (non-hydrogen) atoms. The highest BCUT2D eigenvalue weighted by Crippen LogP contribution is 2.22. The lowest BCUT2D eigenvalue weighted by atomic mass is 10.1. The first-order valence-corrected chi connectivity index (χ1v) is 6.80. The molecule has 2 aromatic carbocycles. The zero-order valence-electron chi connectivity index (χ0n) is 12.4. The molecule has 1 N–H and O–H groups in total. The van der Waals surface area contributed by atoms with Gasteiger partial charge in [-0.3, -0.25) is 0 Å². The van der Waals surface area contributed by atoms with Gasteiger partial charge in [-0.15, -0.1) is 0 Å². The van der Waals surface area contributed by atoms with Crippen molar-refractivity contribution in [1.29, 1.82) is 5.26 Å². The first-order chi connectivity index (χ1) is 10.5. The summed E-state index contributed by atoms with van der Waals surface area (Å²) >= 11 is 0. The van der Waals surface area contributed by atoms with Crippen LogP contribution in [0.4, 0.5) is 8.78 Å². The van der Waals surface area contributed by atoms with E-state index in [0.717, 1.165) is 11.6 Å². The number of benzene rings is 2. The van der Waals surface area contributed by atoms with Gasteiger partial charge in [0.1, 0.15) is 17.4 Å². The van der Waals surface area contributed by atoms with E-state index in [1.165, 1.54) is 19.2 Å². The molecule has 5 heteroatoms. The number of nitrogens with one attached hydrogen (secondary N) is 1. The van der Waals surface area contributed by atoms with Gasteiger partial charge in [0.25, 0.3) is 0 Å². The highest BCUT2D eigenvalue weighted by Gasteiger charge is 2.12. The molecule has 0 saturated heterocycles. The third-order valence-electron chi connectivity index (χ3n) is 3.44. The largest absolute Gasteiger partial charge is 0.496 e. The molecule has 0 saturated carbocycles. The lowest BCUT2D eigenvalue weighted by Crippen LogP contribution is -2.19. The zero-order chi connectivity index (χ0) is 16.1. The van der Waals surface area contributed by atoms with Crippen LogP contribution in [-0.2, 0) is 6.54 Å². The molecule has 0 fully saturated rings. The molecule has 0 aliphatic heterocycles. The van der Waals surface area contributed by atoms with Crippen LogP contribution in [0.15, 0.2) is 36.4 Å². The minimum Gasteiger partial charge on any atom is -0.496 e. The normalized spacial score (nSPS) is 11.8. The maximum atomic E-state index is 13.7. The monoisotopic (exact) mass is 302 g/mol. The zero-order valence-corrected chi connectivity index (χ0v) is 12.4. The lowest BCUT2D eigenvalue weighted by molar-refractivity contribution is 0.405. The Balaban J connectivity index is 2.11. The van der Waals surface area contributed by atoms with Gasteiger partial charge in [-0.25, -0.2) is 8.78 Å². The molecule has 0 unspecified atom stereocenters. The highest BCUT2D eigenvalue weighted by atomic mass is 19.1. The Morgan fingerprint density at radius 2 is 2.00 bits per heavy atom. The summed E-state index contributed by atoms with van der Waals surface area (Å²) in [7, 11) is 1.53. The third kappa shape index (κ3) is 3.60. The first kappa shape index (κ1) is 15.9. The van der Waals surface area contributed by atoms with Gasteiger partial charge >= 0.3 is 0 Å². The van der Waals surface area contributed by atoms with Crippen LogP contribution >= 0.6 is 0 Å². The van der Waals surface area contributed by atoms with Gasteiger partial charge in [0, 0.05) is 29.8 Å². The predicted octanol–water partition coefficient (Wildman–Crippen LogP) is 3.70. The molecule has 0 spiro atoms. The SMILES string of the molecule is COc1cc(C#N)ccc1CN[C@H](C)c1ccc(F)cc1F. The average molecular weight is 302 g/mol. The molecule has 3 nitrogen and oxygen atoms in total. The van der Waals surface area contributed by atoms with Crippen molar-refractivity contribution < 1.29 is 13.5 Å². The van der Waals surface area contributed by atoms with E-state index in [-0.39, 0.29) is 6.04 Å². The Labute approximate surface area is 128 Å². The number of halogens is 2. The van der Waals surface area contributed by atoms with Crippen LogP contribution in [0, 0.1) is 23.0 Å². The molecule has 2 aromatic rings. The van der Waals surface area contributed by atoms with Gasteiger partial charge in [0.2, 0.25) is 0 Å². The Morgan fingerprint density at radius 3 is 2.64 bits per heavy atom. The molecule has 0 amide bonds. The number of ether oxygens (including phenoxy) is 1. The van der Waals surface area contributed by atoms with Gasteiger partial charge < -0.3 is 10.1 Å². The van der Waals surface area contributed by atoms with Crippen molar-refractivity contribution in [2.24, 2.45) is 0 Å². The summed E-state index contributed by atoms with van der Waals surface area (Å²) in [6.07, 6.45) is 0. The third-order valence-corrected chi connectivity index (χ3v) is 3.44. The molecule has 0 aliphatic carbocycles. The Morgan fingerprint density at radius 1 is 1.23 bits per heavy atom. The van der Waals surface area contributed by atoms with E-state index < -0.39 is 11.6 Å². The predicted molar refractivity (Wildman–Crippen MR) is 79.3 cm³/mol. The van der Waals surface area contributed by atoms with E-state index in [2.05, 4.69) is 5.32 Å². The molecule has 114 valence electrons. The van der Waals surface area contributed by atoms with Gasteiger partial charge in [0.15, 0.2) is 0 Å². The van der Waals surface area contributed by atoms with Crippen molar-refractivity contribution in [2.45, 2.75) is 19.5 Å². The molecule has 0 bridgehead atoms. The van der Waals surface area contributed by atoms with Crippen molar-refractivity contribution in [2.75, 3.05) is 7.11 Å². The maximum absolute atomic E-state index is 13.7. The van der Waals surface area contributed by atoms with Crippen LogP contribution < -0.4 is 10.1 Å². The van der Waals surface area contributed by atoms with Crippen molar-refractivity contribution in [3.05, 3.63) is 64.7 Å². The number of hydrogen-bond donors (Lipinski definition) is 1. The Kier molecular flexibility index (Phi) is 5.08. The van der Waals surface area contributed by atoms with Gasteiger partial charge in [0.05, 0.1) is 18.7 Å². The van der Waals surface area contributed by atoms with Crippen LogP contribution in [0.5, 0.6) is 5.75 Å². The Hall–Kier alpha value is -2.45. The topological polar surface area (TPSA) is 45.0 Å². The number of nitrogens with zero attached hydrogens (tertiary/aromatic N) is 1. The highest BCUT2D eigenvalue weighted by molar-refractivity contribution is 5.42. The van der Waals surface area contributed by atoms with Crippen molar-refractivity contribution in [1.82, 2.24) is 5.32 Å². The van der Waals surface area contributed by atoms with Crippen molar-refractivity contribution >= 4 is 0 Å². The second-order valence-electron chi connectivity index (χ2n) is 4.91. The summed E-state index contributed by atoms with van der Waals surface area (Å²) in [6.45, 7) is 2.24. The van der Waals surface area contributed by atoms with Gasteiger partial charge in [-0.2, -0.15) is 5.26 Å². The summed E-state index contributed by atoms with van der Waals surface area (Å²) in [5.41, 5.74) is 1.77. The molecule has 0 heterocycles. The molecule has 1 atom stereocenters. The summed E-state index contributed by atoms with van der Waals surface area (Å²) in [6, 6.07) is 10.4. The Bertz CT molecular complexity index is 710. The van der Waals surface area contributed by atoms with Crippen LogP contribution in [0.1, 0.15) is 29.7 Å².